The number of nitrogens with zero attached hydrogens (tertiary/aromatic N) is 1. The Labute approximate surface area is 120 Å². The van der Waals surface area contributed by atoms with E-state index in [-0.39, 0.29) is 24.4 Å². The summed E-state index contributed by atoms with van der Waals surface area (Å²) in [4.78, 5) is 22.7. The molecule has 8 nitrogen and oxygen atoms in total. The first-order valence-corrected chi connectivity index (χ1v) is 6.12. The summed E-state index contributed by atoms with van der Waals surface area (Å²) in [6.07, 6.45) is 0.247. The van der Waals surface area contributed by atoms with Crippen LogP contribution in [0.2, 0.25) is 0 Å². The van der Waals surface area contributed by atoms with Gasteiger partial charge in [-0.25, -0.2) is 0 Å². The van der Waals surface area contributed by atoms with Gasteiger partial charge in [0.1, 0.15) is 6.42 Å². The van der Waals surface area contributed by atoms with Crippen molar-refractivity contribution in [1.82, 2.24) is 10.6 Å². The molecule has 0 aliphatic rings. The molecule has 0 heterocycles. The molecule has 112 valence electrons. The predicted octanol–water partition coefficient (Wildman–Crippen LogP) is -0.0468. The molecule has 0 radical (unpaired) electrons. The van der Waals surface area contributed by atoms with E-state index in [1.165, 1.54) is 0 Å². The van der Waals surface area contributed by atoms with Crippen molar-refractivity contribution >= 4 is 11.8 Å². The van der Waals surface area contributed by atoms with Crippen LogP contribution in [0.1, 0.15) is 23.2 Å². The molecular formula is C13H15N3O5. The Bertz CT molecular complexity index is 557. The van der Waals surface area contributed by atoms with E-state index in [4.69, 9.17) is 10.4 Å². The summed E-state index contributed by atoms with van der Waals surface area (Å²) < 4.78 is 0. The van der Waals surface area contributed by atoms with E-state index in [2.05, 4.69) is 10.6 Å². The minimum atomic E-state index is -0.688. The number of phenolic OH excluding ortho intramolecular Hbond substituents is 3. The van der Waals surface area contributed by atoms with Gasteiger partial charge in [-0.3, -0.25) is 9.59 Å². The van der Waals surface area contributed by atoms with Gasteiger partial charge in [0, 0.05) is 18.7 Å². The van der Waals surface area contributed by atoms with Crippen molar-refractivity contribution in [2.45, 2.75) is 12.8 Å². The van der Waals surface area contributed by atoms with Crippen LogP contribution in [0.4, 0.5) is 0 Å². The first-order valence-electron chi connectivity index (χ1n) is 6.12. The topological polar surface area (TPSA) is 143 Å². The standard InChI is InChI=1S/C13H15N3O5/c14-3-2-11(19)15-4-1-5-16-13(21)8-6-9(17)12(20)10(18)7-8/h6-7,17-18,20H,1-2,4-5H2,(H,15,19)(H,16,21). The van der Waals surface area contributed by atoms with Gasteiger partial charge >= 0.3 is 0 Å². The van der Waals surface area contributed by atoms with Crippen LogP contribution in [0.3, 0.4) is 0 Å². The van der Waals surface area contributed by atoms with Gasteiger partial charge in [0.25, 0.3) is 5.91 Å². The molecule has 0 saturated carbocycles. The van der Waals surface area contributed by atoms with E-state index in [0.29, 0.717) is 13.0 Å². The molecule has 0 bridgehead atoms. The van der Waals surface area contributed by atoms with Crippen LogP contribution < -0.4 is 10.6 Å². The Kier molecular flexibility index (Phi) is 5.82. The fourth-order valence-corrected chi connectivity index (χ4v) is 1.49. The Morgan fingerprint density at radius 2 is 1.67 bits per heavy atom. The van der Waals surface area contributed by atoms with Gasteiger partial charge < -0.3 is 26.0 Å². The first-order chi connectivity index (χ1) is 9.95. The van der Waals surface area contributed by atoms with Crippen molar-refractivity contribution in [3.8, 4) is 23.3 Å². The lowest BCUT2D eigenvalue weighted by Crippen LogP contribution is -2.29. The number of benzene rings is 1. The summed E-state index contributed by atoms with van der Waals surface area (Å²) in [7, 11) is 0. The third-order valence-electron chi connectivity index (χ3n) is 2.53. The number of amides is 2. The summed E-state index contributed by atoms with van der Waals surface area (Å²) in [5, 5.41) is 41.0. The van der Waals surface area contributed by atoms with Gasteiger partial charge in [-0.15, -0.1) is 0 Å². The third-order valence-corrected chi connectivity index (χ3v) is 2.53. The molecule has 21 heavy (non-hydrogen) atoms. The molecule has 0 aliphatic heterocycles. The van der Waals surface area contributed by atoms with E-state index in [1.54, 1.807) is 6.07 Å². The van der Waals surface area contributed by atoms with Gasteiger partial charge in [0.15, 0.2) is 17.2 Å². The SMILES string of the molecule is N#CCC(=O)NCCCNC(=O)c1cc(O)c(O)c(O)c1. The average molecular weight is 293 g/mol. The lowest BCUT2D eigenvalue weighted by molar-refractivity contribution is -0.120. The maximum absolute atomic E-state index is 11.7. The summed E-state index contributed by atoms with van der Waals surface area (Å²) in [6, 6.07) is 3.77. The highest BCUT2D eigenvalue weighted by atomic mass is 16.3. The van der Waals surface area contributed by atoms with Crippen molar-refractivity contribution in [2.75, 3.05) is 13.1 Å². The zero-order valence-electron chi connectivity index (χ0n) is 11.1. The van der Waals surface area contributed by atoms with Crippen molar-refractivity contribution in [3.05, 3.63) is 17.7 Å². The van der Waals surface area contributed by atoms with Crippen LogP contribution in [0.25, 0.3) is 0 Å². The highest BCUT2D eigenvalue weighted by molar-refractivity contribution is 5.95. The number of carbonyl (C=O) groups excluding carboxylic acids is 2. The van der Waals surface area contributed by atoms with Gasteiger partial charge in [0.05, 0.1) is 6.07 Å². The molecule has 0 saturated heterocycles. The highest BCUT2D eigenvalue weighted by Crippen LogP contribution is 2.35. The van der Waals surface area contributed by atoms with Gasteiger partial charge in [-0.05, 0) is 18.6 Å². The average Bonchev–Trinajstić information content (AvgIpc) is 2.43. The number of aromatic hydroxyl groups is 3. The molecule has 0 aliphatic carbocycles. The van der Waals surface area contributed by atoms with Gasteiger partial charge in [0.2, 0.25) is 5.91 Å². The smallest absolute Gasteiger partial charge is 0.251 e. The molecular weight excluding hydrogens is 278 g/mol. The molecule has 0 unspecified atom stereocenters. The predicted molar refractivity (Wildman–Crippen MR) is 71.6 cm³/mol. The number of hydrogen-bond acceptors (Lipinski definition) is 6. The zero-order valence-corrected chi connectivity index (χ0v) is 11.1. The number of hydrogen-bond donors (Lipinski definition) is 5. The summed E-state index contributed by atoms with van der Waals surface area (Å²) in [5.74, 6) is -2.79. The Morgan fingerprint density at radius 3 is 2.24 bits per heavy atom. The minimum Gasteiger partial charge on any atom is -0.504 e. The number of phenols is 3. The lowest BCUT2D eigenvalue weighted by Gasteiger charge is -2.08. The van der Waals surface area contributed by atoms with Crippen LogP contribution in [0.15, 0.2) is 12.1 Å². The van der Waals surface area contributed by atoms with Crippen LogP contribution >= 0.6 is 0 Å². The third kappa shape index (κ3) is 4.91. The van der Waals surface area contributed by atoms with E-state index in [0.717, 1.165) is 12.1 Å². The maximum Gasteiger partial charge on any atom is 0.251 e. The van der Waals surface area contributed by atoms with Crippen molar-refractivity contribution in [1.29, 1.82) is 5.26 Å². The second-order valence-electron chi connectivity index (χ2n) is 4.16. The lowest BCUT2D eigenvalue weighted by atomic mass is 10.1. The van der Waals surface area contributed by atoms with E-state index >= 15 is 0 Å². The molecule has 8 heteroatoms. The molecule has 0 fully saturated rings. The molecule has 1 aromatic carbocycles. The quantitative estimate of drug-likeness (QED) is 0.367. The molecule has 1 aromatic rings. The van der Waals surface area contributed by atoms with Gasteiger partial charge in [-0.1, -0.05) is 0 Å². The second kappa shape index (κ2) is 7.59. The molecule has 0 aromatic heterocycles. The normalized spacial score (nSPS) is 9.67. The van der Waals surface area contributed by atoms with Crippen LogP contribution in [0.5, 0.6) is 17.2 Å². The highest BCUT2D eigenvalue weighted by Gasteiger charge is 2.12. The van der Waals surface area contributed by atoms with Gasteiger partial charge in [-0.2, -0.15) is 5.26 Å². The summed E-state index contributed by atoms with van der Waals surface area (Å²) in [5.41, 5.74) is -0.00341. The fraction of sp³-hybridized carbons (Fsp3) is 0.308. The largest absolute Gasteiger partial charge is 0.504 e. The zero-order chi connectivity index (χ0) is 15.8. The maximum atomic E-state index is 11.7. The number of nitriles is 1. The van der Waals surface area contributed by atoms with Crippen molar-refractivity contribution in [2.24, 2.45) is 0 Å². The van der Waals surface area contributed by atoms with Crippen LogP contribution in [-0.2, 0) is 4.79 Å². The number of rotatable bonds is 6. The molecule has 2 amide bonds. The Balaban J connectivity index is 2.38. The first kappa shape index (κ1) is 16.1. The number of carbonyl (C=O) groups is 2. The molecule has 0 atom stereocenters. The Hall–Kier alpha value is -2.95. The Morgan fingerprint density at radius 1 is 1.10 bits per heavy atom. The molecule has 1 rings (SSSR count). The second-order valence-corrected chi connectivity index (χ2v) is 4.16. The van der Waals surface area contributed by atoms with Crippen molar-refractivity contribution < 1.29 is 24.9 Å². The number of nitrogens with one attached hydrogen (secondary N) is 2. The van der Waals surface area contributed by atoms with E-state index in [1.807, 2.05) is 0 Å². The summed E-state index contributed by atoms with van der Waals surface area (Å²) >= 11 is 0. The summed E-state index contributed by atoms with van der Waals surface area (Å²) in [6.45, 7) is 0.570. The van der Waals surface area contributed by atoms with Crippen molar-refractivity contribution in [3.63, 3.8) is 0 Å². The molecule has 5 N–H and O–H groups in total. The minimum absolute atomic E-state index is 0.00341. The van der Waals surface area contributed by atoms with Crippen LogP contribution in [-0.4, -0.2) is 40.2 Å². The van der Waals surface area contributed by atoms with Crippen LogP contribution in [0, 0.1) is 11.3 Å². The molecule has 0 spiro atoms. The monoisotopic (exact) mass is 293 g/mol. The fourth-order valence-electron chi connectivity index (χ4n) is 1.49. The van der Waals surface area contributed by atoms with E-state index in [9.17, 15) is 19.8 Å². The van der Waals surface area contributed by atoms with E-state index < -0.39 is 23.2 Å².